The predicted molar refractivity (Wildman–Crippen MR) is 75.4 cm³/mol. The topological polar surface area (TPSA) is 75.4 Å². The molecule has 2 N–H and O–H groups in total. The molecule has 1 saturated carbocycles. The first-order valence-electron chi connectivity index (χ1n) is 7.26. The number of oxazole rings is 1. The fourth-order valence-electron chi connectivity index (χ4n) is 2.71. The molecule has 5 nitrogen and oxygen atoms in total. The van der Waals surface area contributed by atoms with E-state index in [1.54, 1.807) is 6.20 Å². The van der Waals surface area contributed by atoms with E-state index in [1.165, 1.54) is 0 Å². The van der Waals surface area contributed by atoms with Gasteiger partial charge in [0, 0.05) is 5.41 Å². The molecule has 0 aromatic carbocycles. The van der Waals surface area contributed by atoms with Gasteiger partial charge in [0.2, 0.25) is 5.89 Å². The monoisotopic (exact) mass is 280 g/mol. The standard InChI is InChI=1S/C15H24N2O3/c1-15(2,3)12-8-17-13(20-12)9-16-7-10-5-4-6-11(10)14(18)19/h8,10-11,16H,4-7,9H2,1-3H3,(H,18,19). The Hall–Kier alpha value is -1.36. The molecule has 2 unspecified atom stereocenters. The van der Waals surface area contributed by atoms with Gasteiger partial charge < -0.3 is 14.8 Å². The summed E-state index contributed by atoms with van der Waals surface area (Å²) >= 11 is 0. The van der Waals surface area contributed by atoms with Gasteiger partial charge in [-0.3, -0.25) is 4.79 Å². The Balaban J connectivity index is 1.81. The number of nitrogens with zero attached hydrogens (tertiary/aromatic N) is 1. The van der Waals surface area contributed by atoms with Crippen molar-refractivity contribution in [1.82, 2.24) is 10.3 Å². The van der Waals surface area contributed by atoms with Crippen LogP contribution in [-0.4, -0.2) is 22.6 Å². The lowest BCUT2D eigenvalue weighted by Gasteiger charge is -2.16. The fraction of sp³-hybridized carbons (Fsp3) is 0.733. The molecule has 1 aromatic rings. The summed E-state index contributed by atoms with van der Waals surface area (Å²) in [6.45, 7) is 7.52. The third-order valence-corrected chi connectivity index (χ3v) is 3.95. The average Bonchev–Trinajstić information content (AvgIpc) is 2.96. The van der Waals surface area contributed by atoms with E-state index in [1.807, 2.05) is 0 Å². The quantitative estimate of drug-likeness (QED) is 0.867. The van der Waals surface area contributed by atoms with E-state index in [4.69, 9.17) is 9.52 Å². The predicted octanol–water partition coefficient (Wildman–Crippen LogP) is 2.56. The van der Waals surface area contributed by atoms with Gasteiger partial charge in [0.1, 0.15) is 5.76 Å². The van der Waals surface area contributed by atoms with Gasteiger partial charge in [0.25, 0.3) is 0 Å². The van der Waals surface area contributed by atoms with E-state index < -0.39 is 5.97 Å². The molecule has 1 aromatic heterocycles. The number of aliphatic carboxylic acids is 1. The first-order valence-corrected chi connectivity index (χ1v) is 7.26. The van der Waals surface area contributed by atoms with E-state index in [0.717, 1.165) is 25.0 Å². The summed E-state index contributed by atoms with van der Waals surface area (Å²) in [5.74, 6) is 0.903. The Morgan fingerprint density at radius 3 is 2.85 bits per heavy atom. The third-order valence-electron chi connectivity index (χ3n) is 3.95. The van der Waals surface area contributed by atoms with Crippen LogP contribution in [0.1, 0.15) is 51.7 Å². The fourth-order valence-corrected chi connectivity index (χ4v) is 2.71. The van der Waals surface area contributed by atoms with Crippen molar-refractivity contribution in [3.63, 3.8) is 0 Å². The van der Waals surface area contributed by atoms with Gasteiger partial charge in [-0.05, 0) is 25.3 Å². The molecule has 2 atom stereocenters. The van der Waals surface area contributed by atoms with Gasteiger partial charge in [0.15, 0.2) is 0 Å². The van der Waals surface area contributed by atoms with Gasteiger partial charge in [0.05, 0.1) is 18.7 Å². The number of hydrogen-bond acceptors (Lipinski definition) is 4. The summed E-state index contributed by atoms with van der Waals surface area (Å²) in [4.78, 5) is 15.4. The van der Waals surface area contributed by atoms with Gasteiger partial charge in [-0.1, -0.05) is 27.2 Å². The molecule has 1 fully saturated rings. The minimum Gasteiger partial charge on any atom is -0.481 e. The van der Waals surface area contributed by atoms with Crippen molar-refractivity contribution >= 4 is 5.97 Å². The van der Waals surface area contributed by atoms with Crippen molar-refractivity contribution in [3.05, 3.63) is 17.8 Å². The van der Waals surface area contributed by atoms with E-state index in [2.05, 4.69) is 31.1 Å². The Morgan fingerprint density at radius 2 is 2.25 bits per heavy atom. The lowest BCUT2D eigenvalue weighted by molar-refractivity contribution is -0.142. The molecule has 5 heteroatoms. The molecular weight excluding hydrogens is 256 g/mol. The van der Waals surface area contributed by atoms with Crippen molar-refractivity contribution in [3.8, 4) is 0 Å². The van der Waals surface area contributed by atoms with Crippen LogP contribution in [0.4, 0.5) is 0 Å². The van der Waals surface area contributed by atoms with Gasteiger partial charge in [-0.2, -0.15) is 0 Å². The second kappa shape index (κ2) is 5.95. The number of hydrogen-bond donors (Lipinski definition) is 2. The highest BCUT2D eigenvalue weighted by Crippen LogP contribution is 2.31. The normalized spacial score (nSPS) is 23.1. The van der Waals surface area contributed by atoms with Gasteiger partial charge in [-0.25, -0.2) is 4.98 Å². The van der Waals surface area contributed by atoms with Crippen molar-refractivity contribution in [1.29, 1.82) is 0 Å². The highest BCUT2D eigenvalue weighted by atomic mass is 16.4. The zero-order valence-corrected chi connectivity index (χ0v) is 12.5. The van der Waals surface area contributed by atoms with Crippen molar-refractivity contribution in [2.24, 2.45) is 11.8 Å². The number of carboxylic acids is 1. The van der Waals surface area contributed by atoms with Crippen molar-refractivity contribution in [2.75, 3.05) is 6.54 Å². The summed E-state index contributed by atoms with van der Waals surface area (Å²) < 4.78 is 5.70. The first kappa shape index (κ1) is 15.0. The maximum absolute atomic E-state index is 11.1. The van der Waals surface area contributed by atoms with Crippen molar-refractivity contribution < 1.29 is 14.3 Å². The molecular formula is C15H24N2O3. The Bertz CT molecular complexity index is 462. The van der Waals surface area contributed by atoms with Crippen LogP contribution in [0.25, 0.3) is 0 Å². The average molecular weight is 280 g/mol. The lowest BCUT2D eigenvalue weighted by atomic mass is 9.94. The molecule has 0 bridgehead atoms. The van der Waals surface area contributed by atoms with E-state index in [9.17, 15) is 4.79 Å². The Labute approximate surface area is 119 Å². The highest BCUT2D eigenvalue weighted by Gasteiger charge is 2.32. The molecule has 0 saturated heterocycles. The molecule has 0 spiro atoms. The highest BCUT2D eigenvalue weighted by molar-refractivity contribution is 5.70. The lowest BCUT2D eigenvalue weighted by Crippen LogP contribution is -2.28. The first-order chi connectivity index (χ1) is 9.38. The third kappa shape index (κ3) is 3.60. The number of nitrogens with one attached hydrogen (secondary N) is 1. The number of rotatable bonds is 5. The van der Waals surface area contributed by atoms with Crippen LogP contribution >= 0.6 is 0 Å². The van der Waals surface area contributed by atoms with E-state index in [0.29, 0.717) is 19.0 Å². The van der Waals surface area contributed by atoms with Crippen molar-refractivity contribution in [2.45, 2.75) is 52.0 Å². The molecule has 112 valence electrons. The molecule has 0 amide bonds. The number of aromatic nitrogens is 1. The van der Waals surface area contributed by atoms with Crippen LogP contribution in [0, 0.1) is 11.8 Å². The smallest absolute Gasteiger partial charge is 0.306 e. The molecule has 20 heavy (non-hydrogen) atoms. The summed E-state index contributed by atoms with van der Waals surface area (Å²) in [7, 11) is 0. The van der Waals surface area contributed by atoms with E-state index in [-0.39, 0.29) is 17.3 Å². The van der Waals surface area contributed by atoms with Gasteiger partial charge in [-0.15, -0.1) is 0 Å². The van der Waals surface area contributed by atoms with E-state index >= 15 is 0 Å². The Morgan fingerprint density at radius 1 is 1.50 bits per heavy atom. The summed E-state index contributed by atoms with van der Waals surface area (Å²) in [6.07, 6.45) is 4.57. The second-order valence-corrected chi connectivity index (χ2v) is 6.63. The number of carboxylic acid groups (broad SMARTS) is 1. The molecule has 1 aliphatic rings. The van der Waals surface area contributed by atoms with Crippen LogP contribution in [0.3, 0.4) is 0 Å². The summed E-state index contributed by atoms with van der Waals surface area (Å²) in [5.41, 5.74) is -0.0366. The minimum absolute atomic E-state index is 0.0366. The maximum atomic E-state index is 11.1. The SMILES string of the molecule is CC(C)(C)c1cnc(CNCC2CCCC2C(=O)O)o1. The maximum Gasteiger partial charge on any atom is 0.306 e. The minimum atomic E-state index is -0.666. The molecule has 1 aliphatic carbocycles. The largest absolute Gasteiger partial charge is 0.481 e. The van der Waals surface area contributed by atoms with Crippen LogP contribution < -0.4 is 5.32 Å². The molecule has 0 radical (unpaired) electrons. The van der Waals surface area contributed by atoms with Crippen LogP contribution in [0.5, 0.6) is 0 Å². The molecule has 0 aliphatic heterocycles. The second-order valence-electron chi connectivity index (χ2n) is 6.63. The van der Waals surface area contributed by atoms with Gasteiger partial charge >= 0.3 is 5.97 Å². The van der Waals surface area contributed by atoms with Crippen LogP contribution in [0.2, 0.25) is 0 Å². The number of carbonyl (C=O) groups is 1. The zero-order valence-electron chi connectivity index (χ0n) is 12.5. The summed E-state index contributed by atoms with van der Waals surface area (Å²) in [5, 5.41) is 12.4. The summed E-state index contributed by atoms with van der Waals surface area (Å²) in [6, 6.07) is 0. The van der Waals surface area contributed by atoms with Crippen LogP contribution in [0.15, 0.2) is 10.6 Å². The molecule has 1 heterocycles. The Kier molecular flexibility index (Phi) is 4.48. The molecule has 2 rings (SSSR count). The van der Waals surface area contributed by atoms with Crippen LogP contribution in [-0.2, 0) is 16.8 Å². The zero-order chi connectivity index (χ0) is 14.8.